The van der Waals surface area contributed by atoms with E-state index in [1.165, 1.54) is 0 Å². The summed E-state index contributed by atoms with van der Waals surface area (Å²) in [5.74, 6) is -0.775. The topological polar surface area (TPSA) is 105 Å². The first-order chi connectivity index (χ1) is 38.6. The van der Waals surface area contributed by atoms with Crippen LogP contribution in [0.15, 0.2) is 158 Å². The molecule has 420 valence electrons. The summed E-state index contributed by atoms with van der Waals surface area (Å²) >= 11 is 0. The predicted molar refractivity (Wildman–Crippen MR) is 327 cm³/mol. The zero-order chi connectivity index (χ0) is 59.1. The van der Waals surface area contributed by atoms with Gasteiger partial charge in [-0.3, -0.25) is 0 Å². The van der Waals surface area contributed by atoms with Crippen LogP contribution in [0.5, 0.6) is 23.0 Å². The Hall–Kier alpha value is -8.36. The molecule has 0 atom stereocenters. The Balaban J connectivity index is 1.43. The van der Waals surface area contributed by atoms with E-state index < -0.39 is 45.5 Å². The average molecular weight is 1090 g/mol. The van der Waals surface area contributed by atoms with Crippen LogP contribution in [0, 0.1) is 13.8 Å². The standard InChI is InChI=1S/C74H76O8/c1-45-25-29-49(30-26-45)69(77)81-65-55-34-53-39-59(71(3,4)5)37-51(63(53)79-67(75)47-21-17-15-18-22-47)33-52-38-60(72(6,7)8)40-54(64(52)80-68(76)48-23-19-16-20-24-48)35-56-42-62(74(12,13)14)44-58(36-57(65)43-61(41-55)73(9,10)11)66(56)82-70(78)50-31-27-46(2)28-32-50/h15-32,37-44H,33-36H2,1-14H3. The lowest BCUT2D eigenvalue weighted by molar-refractivity contribution is 0.0722. The van der Waals surface area contributed by atoms with Crippen LogP contribution in [0.4, 0.5) is 0 Å². The first-order valence-electron chi connectivity index (χ1n) is 28.4. The number of aryl methyl sites for hydroxylation is 2. The summed E-state index contributed by atoms with van der Waals surface area (Å²) in [5, 5.41) is 0. The van der Waals surface area contributed by atoms with Crippen LogP contribution in [0.3, 0.4) is 0 Å². The Morgan fingerprint density at radius 2 is 0.463 bits per heavy atom. The van der Waals surface area contributed by atoms with Gasteiger partial charge in [-0.2, -0.15) is 0 Å². The second kappa shape index (κ2) is 22.9. The highest BCUT2D eigenvalue weighted by Crippen LogP contribution is 2.45. The molecular formula is C74H76O8. The van der Waals surface area contributed by atoms with Crippen molar-refractivity contribution >= 4 is 23.9 Å². The number of esters is 4. The minimum absolute atomic E-state index is 0.160. The summed E-state index contributed by atoms with van der Waals surface area (Å²) < 4.78 is 27.2. The summed E-state index contributed by atoms with van der Waals surface area (Å²) in [6.45, 7) is 29.8. The van der Waals surface area contributed by atoms with Crippen LogP contribution in [-0.2, 0) is 47.3 Å². The van der Waals surface area contributed by atoms with Crippen molar-refractivity contribution in [1.29, 1.82) is 0 Å². The van der Waals surface area contributed by atoms with E-state index in [0.717, 1.165) is 33.4 Å². The van der Waals surface area contributed by atoms with Gasteiger partial charge in [-0.25, -0.2) is 19.2 Å². The van der Waals surface area contributed by atoms with E-state index in [1.54, 1.807) is 72.8 Å². The van der Waals surface area contributed by atoms with Crippen molar-refractivity contribution in [3.63, 3.8) is 0 Å². The summed E-state index contributed by atoms with van der Waals surface area (Å²) in [6, 6.07) is 49.3. The molecule has 0 saturated carbocycles. The van der Waals surface area contributed by atoms with E-state index in [4.69, 9.17) is 18.9 Å². The fourth-order valence-electron chi connectivity index (χ4n) is 10.3. The number of carbonyl (C=O) groups is 4. The zero-order valence-corrected chi connectivity index (χ0v) is 50.1. The molecule has 0 spiro atoms. The average Bonchev–Trinajstić information content (AvgIpc) is 2.66. The van der Waals surface area contributed by atoms with Gasteiger partial charge in [-0.1, -0.05) is 203 Å². The van der Waals surface area contributed by atoms with Gasteiger partial charge in [0.1, 0.15) is 23.0 Å². The Labute approximate surface area is 484 Å². The number of hydrogen-bond acceptors (Lipinski definition) is 8. The van der Waals surface area contributed by atoms with Crippen molar-refractivity contribution in [3.05, 3.63) is 258 Å². The van der Waals surface area contributed by atoms with E-state index in [2.05, 4.69) is 132 Å². The minimum Gasteiger partial charge on any atom is -0.422 e. The summed E-state index contributed by atoms with van der Waals surface area (Å²) in [6.07, 6.45) is 0.641. The lowest BCUT2D eigenvalue weighted by atomic mass is 9.79. The van der Waals surface area contributed by atoms with Crippen molar-refractivity contribution in [1.82, 2.24) is 0 Å². The molecule has 1 aliphatic carbocycles. The maximum Gasteiger partial charge on any atom is 0.343 e. The van der Waals surface area contributed by atoms with Crippen molar-refractivity contribution in [3.8, 4) is 23.0 Å². The molecule has 8 bridgehead atoms. The van der Waals surface area contributed by atoms with Crippen LogP contribution < -0.4 is 18.9 Å². The molecular weight excluding hydrogens is 1020 g/mol. The fourth-order valence-corrected chi connectivity index (χ4v) is 10.3. The molecule has 8 aromatic rings. The zero-order valence-electron chi connectivity index (χ0n) is 50.1. The largest absolute Gasteiger partial charge is 0.422 e. The lowest BCUT2D eigenvalue weighted by Crippen LogP contribution is -2.20. The van der Waals surface area contributed by atoms with Gasteiger partial charge < -0.3 is 18.9 Å². The summed E-state index contributed by atoms with van der Waals surface area (Å²) in [4.78, 5) is 59.0. The normalized spacial score (nSPS) is 12.8. The van der Waals surface area contributed by atoms with E-state index in [0.29, 0.717) is 89.8 Å². The van der Waals surface area contributed by atoms with Crippen LogP contribution in [0.1, 0.15) is 202 Å². The Morgan fingerprint density at radius 1 is 0.280 bits per heavy atom. The smallest absolute Gasteiger partial charge is 0.343 e. The van der Waals surface area contributed by atoms with Gasteiger partial charge in [-0.05, 0) is 106 Å². The third-order valence-corrected chi connectivity index (χ3v) is 15.3. The number of benzene rings is 8. The van der Waals surface area contributed by atoms with Crippen LogP contribution in [0.25, 0.3) is 0 Å². The molecule has 0 amide bonds. The van der Waals surface area contributed by atoms with Gasteiger partial charge in [0.05, 0.1) is 22.3 Å². The van der Waals surface area contributed by atoms with Crippen molar-refractivity contribution in [2.24, 2.45) is 0 Å². The highest BCUT2D eigenvalue weighted by Gasteiger charge is 2.32. The lowest BCUT2D eigenvalue weighted by Gasteiger charge is -2.29. The maximum absolute atomic E-state index is 14.8. The third-order valence-electron chi connectivity index (χ3n) is 15.3. The SMILES string of the molecule is Cc1ccc(C(=O)Oc2c3cc(C(C)(C)C)cc2Cc2cc(C(C)(C)C)cc(c2OC(=O)c2ccc(C)cc2)Cc2cc(C(C)(C)C)cc(c2OC(=O)c2ccccc2)Cc2cc(C(C)(C)C)cc(c2OC(=O)c2ccccc2)C3)cc1. The van der Waals surface area contributed by atoms with E-state index in [1.807, 2.05) is 50.2 Å². The van der Waals surface area contributed by atoms with Crippen molar-refractivity contribution < 1.29 is 38.1 Å². The monoisotopic (exact) mass is 1090 g/mol. The van der Waals surface area contributed by atoms with Crippen molar-refractivity contribution in [2.45, 2.75) is 144 Å². The van der Waals surface area contributed by atoms with Crippen LogP contribution >= 0.6 is 0 Å². The fraction of sp³-hybridized carbons (Fsp3) is 0.297. The van der Waals surface area contributed by atoms with Gasteiger partial charge in [0, 0.05) is 70.2 Å². The number of ether oxygens (including phenoxy) is 4. The molecule has 0 heterocycles. The number of rotatable bonds is 8. The molecule has 0 fully saturated rings. The molecule has 82 heavy (non-hydrogen) atoms. The molecule has 8 nitrogen and oxygen atoms in total. The quantitative estimate of drug-likeness (QED) is 0.109. The number of fused-ring (bicyclic) bond motifs is 8. The van der Waals surface area contributed by atoms with E-state index in [9.17, 15) is 19.2 Å². The van der Waals surface area contributed by atoms with Gasteiger partial charge >= 0.3 is 23.9 Å². The van der Waals surface area contributed by atoms with E-state index >= 15 is 0 Å². The molecule has 8 heteroatoms. The molecule has 1 aliphatic rings. The minimum atomic E-state index is -0.545. The van der Waals surface area contributed by atoms with Crippen LogP contribution in [-0.4, -0.2) is 23.9 Å². The maximum atomic E-state index is 14.8. The molecule has 0 saturated heterocycles. The Morgan fingerprint density at radius 3 is 0.646 bits per heavy atom. The Bertz CT molecular complexity index is 3480. The molecule has 0 unspecified atom stereocenters. The van der Waals surface area contributed by atoms with Gasteiger partial charge in [0.15, 0.2) is 0 Å². The van der Waals surface area contributed by atoms with Crippen LogP contribution in [0.2, 0.25) is 0 Å². The molecule has 0 aromatic heterocycles. The third kappa shape index (κ3) is 13.3. The predicted octanol–water partition coefficient (Wildman–Crippen LogP) is 17.0. The first kappa shape index (κ1) is 58.3. The highest BCUT2D eigenvalue weighted by molar-refractivity contribution is 5.94. The van der Waals surface area contributed by atoms with Gasteiger partial charge in [-0.15, -0.1) is 0 Å². The first-order valence-corrected chi connectivity index (χ1v) is 28.4. The summed E-state index contributed by atoms with van der Waals surface area (Å²) in [5.41, 5.74) is 11.2. The van der Waals surface area contributed by atoms with Gasteiger partial charge in [0.2, 0.25) is 0 Å². The van der Waals surface area contributed by atoms with Gasteiger partial charge in [0.25, 0.3) is 0 Å². The summed E-state index contributed by atoms with van der Waals surface area (Å²) in [7, 11) is 0. The molecule has 0 N–H and O–H groups in total. The molecule has 0 radical (unpaired) electrons. The highest BCUT2D eigenvalue weighted by atomic mass is 16.5. The molecule has 8 aromatic carbocycles. The Kier molecular flexibility index (Phi) is 16.3. The second-order valence-corrected chi connectivity index (χ2v) is 26.2. The van der Waals surface area contributed by atoms with E-state index in [-0.39, 0.29) is 25.7 Å². The molecule has 0 aliphatic heterocycles. The molecule has 9 rings (SSSR count). The van der Waals surface area contributed by atoms with Crippen molar-refractivity contribution in [2.75, 3.05) is 0 Å². The number of carbonyl (C=O) groups excluding carboxylic acids is 4. The second-order valence-electron chi connectivity index (χ2n) is 26.2. The number of hydrogen-bond donors (Lipinski definition) is 0.